The van der Waals surface area contributed by atoms with E-state index in [2.05, 4.69) is 70.0 Å². The largest absolute Gasteiger partial charge is 0.350 e. The van der Waals surface area contributed by atoms with Crippen LogP contribution in [0.15, 0.2) is 73.1 Å². The number of hydrogen-bond acceptors (Lipinski definition) is 4. The van der Waals surface area contributed by atoms with Crippen molar-refractivity contribution in [1.29, 1.82) is 0 Å². The smallest absolute Gasteiger partial charge is 0.269 e. The van der Waals surface area contributed by atoms with Gasteiger partial charge in [-0.05, 0) is 72.9 Å². The summed E-state index contributed by atoms with van der Waals surface area (Å²) in [5.74, 6) is 1.12. The first-order valence-corrected chi connectivity index (χ1v) is 11.1. The van der Waals surface area contributed by atoms with Crippen molar-refractivity contribution in [3.8, 4) is 0 Å². The first kappa shape index (κ1) is 20.2. The van der Waals surface area contributed by atoms with Gasteiger partial charge in [0.2, 0.25) is 0 Å². The van der Waals surface area contributed by atoms with Gasteiger partial charge in [0.15, 0.2) is 0 Å². The fourth-order valence-electron chi connectivity index (χ4n) is 4.40. The zero-order chi connectivity index (χ0) is 21.9. The molecule has 2 aromatic heterocycles. The van der Waals surface area contributed by atoms with Crippen LogP contribution in [0.25, 0.3) is 10.8 Å². The molecule has 0 aliphatic heterocycles. The van der Waals surface area contributed by atoms with Crippen LogP contribution in [-0.2, 0) is 12.8 Å². The summed E-state index contributed by atoms with van der Waals surface area (Å²) < 4.78 is 0. The number of hydrogen-bond donors (Lipinski definition) is 2. The molecule has 5 heteroatoms. The lowest BCUT2D eigenvalue weighted by molar-refractivity contribution is 0.0941. The first-order valence-electron chi connectivity index (χ1n) is 11.1. The van der Waals surface area contributed by atoms with E-state index in [4.69, 9.17) is 0 Å². The van der Waals surface area contributed by atoms with Crippen molar-refractivity contribution < 1.29 is 4.79 Å². The average Bonchev–Trinajstić information content (AvgIpc) is 2.83. The predicted octanol–water partition coefficient (Wildman–Crippen LogP) is 5.22. The lowest BCUT2D eigenvalue weighted by atomic mass is 9.84. The van der Waals surface area contributed by atoms with E-state index in [1.54, 1.807) is 18.5 Å². The molecule has 1 aliphatic rings. The molecule has 5 rings (SSSR count). The van der Waals surface area contributed by atoms with E-state index in [-0.39, 0.29) is 5.91 Å². The van der Waals surface area contributed by atoms with Crippen LogP contribution in [0.3, 0.4) is 0 Å². The molecule has 0 radical (unpaired) electrons. The maximum absolute atomic E-state index is 12.6. The van der Waals surface area contributed by atoms with Crippen molar-refractivity contribution in [2.24, 2.45) is 5.92 Å². The average molecular weight is 423 g/mol. The highest BCUT2D eigenvalue weighted by molar-refractivity contribution is 5.94. The van der Waals surface area contributed by atoms with Crippen molar-refractivity contribution in [2.75, 3.05) is 11.9 Å². The van der Waals surface area contributed by atoms with Gasteiger partial charge >= 0.3 is 0 Å². The summed E-state index contributed by atoms with van der Waals surface area (Å²) in [6.45, 7) is 2.74. The number of carbonyl (C=O) groups is 1. The second kappa shape index (κ2) is 8.79. The van der Waals surface area contributed by atoms with Gasteiger partial charge in [-0.1, -0.05) is 42.0 Å². The summed E-state index contributed by atoms with van der Waals surface area (Å²) >= 11 is 0. The Kier molecular flexibility index (Phi) is 5.55. The number of anilines is 2. The molecule has 2 N–H and O–H groups in total. The summed E-state index contributed by atoms with van der Waals surface area (Å²) in [5, 5.41) is 8.58. The molecule has 5 nitrogen and oxygen atoms in total. The second-order valence-corrected chi connectivity index (χ2v) is 8.53. The predicted molar refractivity (Wildman–Crippen MR) is 128 cm³/mol. The van der Waals surface area contributed by atoms with E-state index in [0.29, 0.717) is 18.2 Å². The number of rotatable bonds is 5. The maximum atomic E-state index is 12.6. The number of amides is 1. The van der Waals surface area contributed by atoms with Gasteiger partial charge in [-0.2, -0.15) is 0 Å². The Labute approximate surface area is 187 Å². The first-order chi connectivity index (χ1) is 15.7. The number of pyridine rings is 2. The number of aromatic nitrogens is 2. The van der Waals surface area contributed by atoms with Gasteiger partial charge in [-0.3, -0.25) is 4.79 Å². The Balaban J connectivity index is 1.21. The van der Waals surface area contributed by atoms with Gasteiger partial charge in [0.05, 0.1) is 11.9 Å². The molecule has 0 saturated carbocycles. The molecular weight excluding hydrogens is 396 g/mol. The normalized spacial score (nSPS) is 15.2. The van der Waals surface area contributed by atoms with Crippen molar-refractivity contribution in [1.82, 2.24) is 15.3 Å². The van der Waals surface area contributed by atoms with E-state index >= 15 is 0 Å². The minimum absolute atomic E-state index is 0.130. The molecule has 0 spiro atoms. The molecule has 0 bridgehead atoms. The molecule has 32 heavy (non-hydrogen) atoms. The standard InChI is InChI=1S/C27H26N4O/c1-18-6-8-21-12-13-28-26(24(21)14-18)31-23-10-11-25(29-17-23)27(32)30-16-19-7-9-20-4-2-3-5-22(20)15-19/h2-6,8,10-14,17,19H,7,9,15-16H2,1H3,(H,28,31)(H,30,32). The molecule has 4 aromatic rings. The van der Waals surface area contributed by atoms with Crippen LogP contribution < -0.4 is 10.6 Å². The van der Waals surface area contributed by atoms with E-state index in [1.807, 2.05) is 12.1 Å². The monoisotopic (exact) mass is 422 g/mol. The molecule has 2 aromatic carbocycles. The Morgan fingerprint density at radius 1 is 1.03 bits per heavy atom. The van der Waals surface area contributed by atoms with Crippen molar-refractivity contribution in [3.05, 3.63) is 95.4 Å². The molecule has 1 atom stereocenters. The van der Waals surface area contributed by atoms with Gasteiger partial charge in [-0.25, -0.2) is 9.97 Å². The minimum Gasteiger partial charge on any atom is -0.350 e. The Bertz CT molecular complexity index is 1270. The topological polar surface area (TPSA) is 66.9 Å². The summed E-state index contributed by atoms with van der Waals surface area (Å²) in [6, 6.07) is 20.5. The summed E-state index contributed by atoms with van der Waals surface area (Å²) in [5.41, 5.74) is 5.25. The third kappa shape index (κ3) is 4.33. The lowest BCUT2D eigenvalue weighted by Gasteiger charge is -2.24. The highest BCUT2D eigenvalue weighted by atomic mass is 16.1. The van der Waals surface area contributed by atoms with Crippen molar-refractivity contribution in [2.45, 2.75) is 26.2 Å². The van der Waals surface area contributed by atoms with Crippen LogP contribution in [0, 0.1) is 12.8 Å². The number of aryl methyl sites for hydroxylation is 2. The van der Waals surface area contributed by atoms with Crippen molar-refractivity contribution >= 4 is 28.2 Å². The molecule has 0 fully saturated rings. The third-order valence-electron chi connectivity index (χ3n) is 6.18. The van der Waals surface area contributed by atoms with E-state index in [9.17, 15) is 4.79 Å². The zero-order valence-corrected chi connectivity index (χ0v) is 18.1. The summed E-state index contributed by atoms with van der Waals surface area (Å²) in [4.78, 5) is 21.5. The van der Waals surface area contributed by atoms with E-state index < -0.39 is 0 Å². The van der Waals surface area contributed by atoms with Crippen LogP contribution in [0.2, 0.25) is 0 Å². The highest BCUT2D eigenvalue weighted by Crippen LogP contribution is 2.26. The summed E-state index contributed by atoms with van der Waals surface area (Å²) in [7, 11) is 0. The van der Waals surface area contributed by atoms with Crippen LogP contribution in [0.1, 0.15) is 33.6 Å². The van der Waals surface area contributed by atoms with E-state index in [1.165, 1.54) is 16.7 Å². The fraction of sp³-hybridized carbons (Fsp3) is 0.222. The highest BCUT2D eigenvalue weighted by Gasteiger charge is 2.19. The van der Waals surface area contributed by atoms with Gasteiger partial charge < -0.3 is 10.6 Å². The van der Waals surface area contributed by atoms with Gasteiger partial charge in [0, 0.05) is 18.1 Å². The van der Waals surface area contributed by atoms with Gasteiger partial charge in [0.1, 0.15) is 11.5 Å². The molecule has 1 aliphatic carbocycles. The third-order valence-corrected chi connectivity index (χ3v) is 6.18. The molecule has 1 amide bonds. The number of benzene rings is 2. The number of carbonyl (C=O) groups excluding carboxylic acids is 1. The quantitative estimate of drug-likeness (QED) is 0.463. The number of nitrogens with one attached hydrogen (secondary N) is 2. The van der Waals surface area contributed by atoms with E-state index in [0.717, 1.165) is 41.5 Å². The zero-order valence-electron chi connectivity index (χ0n) is 18.1. The molecule has 160 valence electrons. The second-order valence-electron chi connectivity index (χ2n) is 8.53. The molecule has 0 saturated heterocycles. The molecule has 1 unspecified atom stereocenters. The SMILES string of the molecule is Cc1ccc2ccnc(Nc3ccc(C(=O)NCC4CCc5ccccc5C4)nc3)c2c1. The Morgan fingerprint density at radius 2 is 1.91 bits per heavy atom. The van der Waals surface area contributed by atoms with Crippen LogP contribution >= 0.6 is 0 Å². The van der Waals surface area contributed by atoms with Crippen molar-refractivity contribution in [3.63, 3.8) is 0 Å². The number of nitrogens with zero attached hydrogens (tertiary/aromatic N) is 2. The molecular formula is C27H26N4O. The lowest BCUT2D eigenvalue weighted by Crippen LogP contribution is -2.32. The van der Waals surface area contributed by atoms with Gasteiger partial charge in [0.25, 0.3) is 5.91 Å². The fourth-order valence-corrected chi connectivity index (χ4v) is 4.40. The Hall–Kier alpha value is -3.73. The minimum atomic E-state index is -0.130. The number of fused-ring (bicyclic) bond motifs is 2. The van der Waals surface area contributed by atoms with Crippen LogP contribution in [-0.4, -0.2) is 22.4 Å². The maximum Gasteiger partial charge on any atom is 0.269 e. The van der Waals surface area contributed by atoms with Crippen LogP contribution in [0.5, 0.6) is 0 Å². The Morgan fingerprint density at radius 3 is 2.75 bits per heavy atom. The van der Waals surface area contributed by atoms with Crippen LogP contribution in [0.4, 0.5) is 11.5 Å². The summed E-state index contributed by atoms with van der Waals surface area (Å²) in [6.07, 6.45) is 6.67. The van der Waals surface area contributed by atoms with Gasteiger partial charge in [-0.15, -0.1) is 0 Å². The molecule has 2 heterocycles.